The second kappa shape index (κ2) is 7.23. The van der Waals surface area contributed by atoms with Crippen LogP contribution in [0.5, 0.6) is 5.75 Å². The van der Waals surface area contributed by atoms with E-state index < -0.39 is 16.1 Å². The van der Waals surface area contributed by atoms with E-state index in [1.807, 2.05) is 40.7 Å². The van der Waals surface area contributed by atoms with Crippen molar-refractivity contribution in [3.05, 3.63) is 23.8 Å². The Morgan fingerprint density at radius 3 is 2.36 bits per heavy atom. The maximum absolute atomic E-state index is 12.7. The highest BCUT2D eigenvalue weighted by Crippen LogP contribution is 2.35. The van der Waals surface area contributed by atoms with E-state index in [2.05, 4.69) is 5.32 Å². The fourth-order valence-electron chi connectivity index (χ4n) is 3.17. The molecular formula is C18H28N2O4S. The summed E-state index contributed by atoms with van der Waals surface area (Å²) >= 11 is 0. The molecule has 0 fully saturated rings. The van der Waals surface area contributed by atoms with Gasteiger partial charge in [-0.3, -0.25) is 9.10 Å². The smallest absolute Gasteiger partial charge is 0.263 e. The molecule has 1 aliphatic heterocycles. The van der Waals surface area contributed by atoms with E-state index in [4.69, 9.17) is 4.74 Å². The van der Waals surface area contributed by atoms with Gasteiger partial charge >= 0.3 is 0 Å². The molecule has 1 N–H and O–H groups in total. The average molecular weight is 368 g/mol. The molecule has 1 aliphatic rings. The van der Waals surface area contributed by atoms with Crippen molar-refractivity contribution >= 4 is 21.6 Å². The number of rotatable bonds is 5. The Balaban J connectivity index is 2.30. The van der Waals surface area contributed by atoms with E-state index in [0.29, 0.717) is 11.4 Å². The summed E-state index contributed by atoms with van der Waals surface area (Å²) in [6.45, 7) is 10.1. The third-order valence-corrected chi connectivity index (χ3v) is 5.57. The lowest BCUT2D eigenvalue weighted by atomic mass is 9.93. The quantitative estimate of drug-likeness (QED) is 0.865. The van der Waals surface area contributed by atoms with Gasteiger partial charge in [-0.25, -0.2) is 8.42 Å². The van der Waals surface area contributed by atoms with Crippen molar-refractivity contribution in [2.45, 2.75) is 46.8 Å². The fraction of sp³-hybridized carbons (Fsp3) is 0.611. The van der Waals surface area contributed by atoms with Gasteiger partial charge in [-0.1, -0.05) is 33.8 Å². The van der Waals surface area contributed by atoms with Crippen molar-refractivity contribution in [3.8, 4) is 5.75 Å². The topological polar surface area (TPSA) is 75.7 Å². The number of aryl methyl sites for hydroxylation is 1. The molecule has 0 saturated carbocycles. The molecule has 1 amide bonds. The van der Waals surface area contributed by atoms with Gasteiger partial charge < -0.3 is 10.1 Å². The van der Waals surface area contributed by atoms with Gasteiger partial charge in [0.05, 0.1) is 18.5 Å². The normalized spacial score (nSPS) is 17.6. The summed E-state index contributed by atoms with van der Waals surface area (Å²) in [6.07, 6.45) is 0.273. The molecule has 1 heterocycles. The first-order valence-corrected chi connectivity index (χ1v) is 10.4. The van der Waals surface area contributed by atoms with E-state index in [0.717, 1.165) is 11.8 Å². The van der Waals surface area contributed by atoms with Crippen LogP contribution in [0.2, 0.25) is 0 Å². The number of amides is 1. The van der Waals surface area contributed by atoms with E-state index in [9.17, 15) is 13.2 Å². The van der Waals surface area contributed by atoms with E-state index in [1.54, 1.807) is 12.1 Å². The summed E-state index contributed by atoms with van der Waals surface area (Å²) in [5, 5.41) is 3.01. The Labute approximate surface area is 150 Å². The van der Waals surface area contributed by atoms with Gasteiger partial charge in [-0.15, -0.1) is 0 Å². The molecule has 2 rings (SSSR count). The summed E-state index contributed by atoms with van der Waals surface area (Å²) in [6, 6.07) is 5.31. The fourth-order valence-corrected chi connectivity index (χ4v) is 4.08. The molecule has 0 aromatic heterocycles. The molecule has 140 valence electrons. The number of carbonyl (C=O) groups is 1. The first-order chi connectivity index (χ1) is 11.5. The van der Waals surface area contributed by atoms with Crippen LogP contribution in [0, 0.1) is 18.8 Å². The van der Waals surface area contributed by atoms with Crippen molar-refractivity contribution in [2.75, 3.05) is 17.1 Å². The van der Waals surface area contributed by atoms with Gasteiger partial charge in [-0.2, -0.15) is 0 Å². The summed E-state index contributed by atoms with van der Waals surface area (Å²) in [4.78, 5) is 12.7. The van der Waals surface area contributed by atoms with Gasteiger partial charge in [-0.05, 0) is 36.5 Å². The Bertz CT molecular complexity index is 735. The number of fused-ring (bicyclic) bond motifs is 1. The second-order valence-corrected chi connectivity index (χ2v) is 9.30. The second-order valence-electron chi connectivity index (χ2n) is 7.39. The lowest BCUT2D eigenvalue weighted by Gasteiger charge is -2.35. The number of benzene rings is 1. The van der Waals surface area contributed by atoms with Gasteiger partial charge in [0.15, 0.2) is 6.10 Å². The molecule has 1 atom stereocenters. The maximum atomic E-state index is 12.7. The number of ether oxygens (including phenoxy) is 1. The van der Waals surface area contributed by atoms with Crippen molar-refractivity contribution in [1.82, 2.24) is 5.32 Å². The largest absolute Gasteiger partial charge is 0.476 e. The highest BCUT2D eigenvalue weighted by Gasteiger charge is 2.36. The van der Waals surface area contributed by atoms with Crippen LogP contribution in [0.4, 0.5) is 5.69 Å². The predicted octanol–water partition coefficient (Wildman–Crippen LogP) is 2.32. The number of carbonyl (C=O) groups excluding carboxylic acids is 1. The van der Waals surface area contributed by atoms with Crippen LogP contribution in [-0.2, 0) is 14.8 Å². The Morgan fingerprint density at radius 2 is 1.84 bits per heavy atom. The number of nitrogens with zero attached hydrogens (tertiary/aromatic N) is 1. The lowest BCUT2D eigenvalue weighted by Crippen LogP contribution is -2.54. The molecule has 25 heavy (non-hydrogen) atoms. The van der Waals surface area contributed by atoms with E-state index in [-0.39, 0.29) is 30.3 Å². The molecule has 0 saturated heterocycles. The maximum Gasteiger partial charge on any atom is 0.263 e. The van der Waals surface area contributed by atoms with E-state index in [1.165, 1.54) is 4.31 Å². The molecular weight excluding hydrogens is 340 g/mol. The first kappa shape index (κ1) is 19.6. The third kappa shape index (κ3) is 4.45. The highest BCUT2D eigenvalue weighted by molar-refractivity contribution is 7.92. The Morgan fingerprint density at radius 1 is 1.24 bits per heavy atom. The molecule has 0 bridgehead atoms. The van der Waals surface area contributed by atoms with Gasteiger partial charge in [0, 0.05) is 6.04 Å². The van der Waals surface area contributed by atoms with Crippen molar-refractivity contribution in [3.63, 3.8) is 0 Å². The first-order valence-electron chi connectivity index (χ1n) is 8.56. The van der Waals surface area contributed by atoms with Crippen LogP contribution in [0.15, 0.2) is 18.2 Å². The lowest BCUT2D eigenvalue weighted by molar-refractivity contribution is -0.129. The molecule has 0 aliphatic carbocycles. The van der Waals surface area contributed by atoms with Crippen LogP contribution in [-0.4, -0.2) is 39.3 Å². The molecule has 1 unspecified atom stereocenters. The summed E-state index contributed by atoms with van der Waals surface area (Å²) in [5.74, 6) is 0.669. The molecule has 7 heteroatoms. The predicted molar refractivity (Wildman–Crippen MR) is 99.4 cm³/mol. The van der Waals surface area contributed by atoms with Gasteiger partial charge in [0.2, 0.25) is 10.0 Å². The summed E-state index contributed by atoms with van der Waals surface area (Å²) in [7, 11) is -3.51. The zero-order valence-electron chi connectivity index (χ0n) is 15.7. The summed E-state index contributed by atoms with van der Waals surface area (Å²) < 4.78 is 31.5. The Kier molecular flexibility index (Phi) is 5.66. The minimum absolute atomic E-state index is 0.00204. The number of sulfonamides is 1. The molecule has 1 aromatic rings. The van der Waals surface area contributed by atoms with Gasteiger partial charge in [0.25, 0.3) is 5.91 Å². The van der Waals surface area contributed by atoms with Crippen molar-refractivity contribution < 1.29 is 17.9 Å². The van der Waals surface area contributed by atoms with Crippen LogP contribution in [0.1, 0.15) is 33.3 Å². The summed E-state index contributed by atoms with van der Waals surface area (Å²) in [5.41, 5.74) is 1.41. The van der Waals surface area contributed by atoms with Crippen LogP contribution in [0.3, 0.4) is 0 Å². The number of anilines is 1. The zero-order valence-corrected chi connectivity index (χ0v) is 16.6. The minimum atomic E-state index is -3.51. The average Bonchev–Trinajstić information content (AvgIpc) is 2.49. The van der Waals surface area contributed by atoms with Crippen molar-refractivity contribution in [1.29, 1.82) is 0 Å². The molecule has 0 radical (unpaired) electrons. The minimum Gasteiger partial charge on any atom is -0.476 e. The molecule has 0 spiro atoms. The molecule has 1 aromatic carbocycles. The van der Waals surface area contributed by atoms with Crippen LogP contribution >= 0.6 is 0 Å². The number of hydrogen-bond donors (Lipinski definition) is 1. The highest BCUT2D eigenvalue weighted by atomic mass is 32.2. The number of nitrogens with one attached hydrogen (secondary N) is 1. The monoisotopic (exact) mass is 368 g/mol. The SMILES string of the molecule is Cc1ccc2c(c1)N(S(C)(=O)=O)CC(C(=O)NC(C(C)C)C(C)C)O2. The standard InChI is InChI=1S/C18H28N2O4S/c1-11(2)17(12(3)4)19-18(21)16-10-20(25(6,22)23)14-9-13(5)7-8-15(14)24-16/h7-9,11-12,16-17H,10H2,1-6H3,(H,19,21). The zero-order chi connectivity index (χ0) is 18.9. The van der Waals surface area contributed by atoms with Gasteiger partial charge in [0.1, 0.15) is 5.75 Å². The van der Waals surface area contributed by atoms with Crippen LogP contribution in [0.25, 0.3) is 0 Å². The molecule has 6 nitrogen and oxygen atoms in total. The van der Waals surface area contributed by atoms with Crippen LogP contribution < -0.4 is 14.4 Å². The Hall–Kier alpha value is -1.76. The third-order valence-electron chi connectivity index (χ3n) is 4.42. The van der Waals surface area contributed by atoms with E-state index >= 15 is 0 Å². The van der Waals surface area contributed by atoms with Crippen molar-refractivity contribution in [2.24, 2.45) is 11.8 Å². The number of hydrogen-bond acceptors (Lipinski definition) is 4.